The Kier molecular flexibility index (Phi) is 21.7. The minimum atomic E-state index is -0.995. The first kappa shape index (κ1) is 15.6. The predicted molar refractivity (Wildman–Crippen MR) is 22.0 cm³/mol. The Hall–Kier alpha value is 0.470. The minimum absolute atomic E-state index is 0. The van der Waals surface area contributed by atoms with Crippen molar-refractivity contribution in [3.05, 3.63) is 0 Å². The van der Waals surface area contributed by atoms with Gasteiger partial charge in [0.05, 0.1) is 0 Å². The summed E-state index contributed by atoms with van der Waals surface area (Å²) in [7, 11) is 0. The van der Waals surface area contributed by atoms with Crippen LogP contribution in [0.2, 0.25) is 0 Å². The molecule has 0 saturated carbocycles. The van der Waals surface area contributed by atoms with Crippen molar-refractivity contribution in [1.82, 2.24) is 0 Å². The maximum atomic E-state index is 9.26. The van der Waals surface area contributed by atoms with E-state index in [1.165, 1.54) is 6.92 Å². The van der Waals surface area contributed by atoms with Gasteiger partial charge in [0.25, 0.3) is 0 Å². The van der Waals surface area contributed by atoms with Gasteiger partial charge in [0.2, 0.25) is 0 Å². The van der Waals surface area contributed by atoms with Crippen LogP contribution in [0, 0.1) is 0 Å². The maximum Gasteiger partial charge on any atom is 1.00 e. The molecule has 0 bridgehead atoms. The average Bonchev–Trinajstić information content (AvgIpc) is 1.38. The SMILES string of the molecule is C.CCC(=O)[O-].[Na+]. The van der Waals surface area contributed by atoms with Crippen LogP contribution in [0.3, 0.4) is 0 Å². The summed E-state index contributed by atoms with van der Waals surface area (Å²) in [6.45, 7) is 1.54. The van der Waals surface area contributed by atoms with Gasteiger partial charge in [-0.1, -0.05) is 14.4 Å². The molecule has 0 saturated heterocycles. The third-order valence-corrected chi connectivity index (χ3v) is 0.289. The van der Waals surface area contributed by atoms with Gasteiger partial charge in [0.15, 0.2) is 0 Å². The molecule has 2 nitrogen and oxygen atoms in total. The van der Waals surface area contributed by atoms with Crippen LogP contribution in [0.4, 0.5) is 0 Å². The van der Waals surface area contributed by atoms with E-state index in [-0.39, 0.29) is 43.4 Å². The Labute approximate surface area is 66.2 Å². The number of carbonyl (C=O) groups excluding carboxylic acids is 1. The van der Waals surface area contributed by atoms with E-state index in [9.17, 15) is 9.90 Å². The first-order chi connectivity index (χ1) is 2.27. The van der Waals surface area contributed by atoms with Crippen molar-refractivity contribution >= 4 is 5.97 Å². The molecule has 0 heterocycles. The molecular weight excluding hydrogens is 103 g/mol. The second-order valence-corrected chi connectivity index (χ2v) is 0.726. The molecule has 38 valence electrons. The number of rotatable bonds is 1. The summed E-state index contributed by atoms with van der Waals surface area (Å²) in [5, 5.41) is 9.26. The number of carboxylic acids is 1. The molecule has 0 spiro atoms. The summed E-state index contributed by atoms with van der Waals surface area (Å²) in [5.41, 5.74) is 0. The van der Waals surface area contributed by atoms with E-state index < -0.39 is 5.97 Å². The van der Waals surface area contributed by atoms with Crippen LogP contribution in [-0.4, -0.2) is 5.97 Å². The summed E-state index contributed by atoms with van der Waals surface area (Å²) >= 11 is 0. The molecule has 3 heteroatoms. The first-order valence-corrected chi connectivity index (χ1v) is 1.47. The third kappa shape index (κ3) is 21.2. The van der Waals surface area contributed by atoms with Crippen molar-refractivity contribution in [2.45, 2.75) is 20.8 Å². The van der Waals surface area contributed by atoms with Gasteiger partial charge < -0.3 is 9.90 Å². The van der Waals surface area contributed by atoms with Gasteiger partial charge in [-0.3, -0.25) is 0 Å². The van der Waals surface area contributed by atoms with E-state index in [2.05, 4.69) is 0 Å². The number of carboxylic acid groups (broad SMARTS) is 1. The second kappa shape index (κ2) is 9.69. The van der Waals surface area contributed by atoms with E-state index >= 15 is 0 Å². The largest absolute Gasteiger partial charge is 1.00 e. The molecular formula is C4H9NaO2. The van der Waals surface area contributed by atoms with Crippen molar-refractivity contribution in [3.63, 3.8) is 0 Å². The zero-order chi connectivity index (χ0) is 4.28. The second-order valence-electron chi connectivity index (χ2n) is 0.726. The van der Waals surface area contributed by atoms with Gasteiger partial charge in [0, 0.05) is 5.97 Å². The van der Waals surface area contributed by atoms with E-state index in [1.54, 1.807) is 0 Å². The summed E-state index contributed by atoms with van der Waals surface area (Å²) in [4.78, 5) is 9.26. The van der Waals surface area contributed by atoms with E-state index in [0.29, 0.717) is 0 Å². The van der Waals surface area contributed by atoms with Gasteiger partial charge in [-0.05, 0) is 6.42 Å². The van der Waals surface area contributed by atoms with Crippen molar-refractivity contribution in [2.24, 2.45) is 0 Å². The topological polar surface area (TPSA) is 40.1 Å². The Morgan fingerprint density at radius 3 is 1.86 bits per heavy atom. The molecule has 0 rings (SSSR count). The monoisotopic (exact) mass is 112 g/mol. The van der Waals surface area contributed by atoms with Gasteiger partial charge in [-0.2, -0.15) is 0 Å². The number of aliphatic carboxylic acids is 1. The molecule has 0 aliphatic rings. The third-order valence-electron chi connectivity index (χ3n) is 0.289. The predicted octanol–water partition coefficient (Wildman–Crippen LogP) is -3.21. The molecule has 7 heavy (non-hydrogen) atoms. The fourth-order valence-corrected chi connectivity index (χ4v) is 0. The standard InChI is InChI=1S/C3H6O2.CH4.Na/c1-2-3(4)5;;/h2H2,1H3,(H,4,5);1H4;/q;;+1/p-1. The smallest absolute Gasteiger partial charge is 0.550 e. The zero-order valence-electron chi connectivity index (χ0n) is 4.02. The molecule has 0 N–H and O–H groups in total. The van der Waals surface area contributed by atoms with Gasteiger partial charge >= 0.3 is 29.6 Å². The van der Waals surface area contributed by atoms with Crippen LogP contribution in [-0.2, 0) is 4.79 Å². The molecule has 0 aromatic heterocycles. The van der Waals surface area contributed by atoms with Crippen LogP contribution >= 0.6 is 0 Å². The van der Waals surface area contributed by atoms with Gasteiger partial charge in [-0.15, -0.1) is 0 Å². The first-order valence-electron chi connectivity index (χ1n) is 1.47. The molecule has 0 fully saturated rings. The Balaban J connectivity index is -0.0000000800. The van der Waals surface area contributed by atoms with Gasteiger partial charge in [-0.25, -0.2) is 0 Å². The van der Waals surface area contributed by atoms with Crippen LogP contribution < -0.4 is 34.7 Å². The molecule has 0 atom stereocenters. The molecule has 0 aromatic carbocycles. The summed E-state index contributed by atoms with van der Waals surface area (Å²) in [6.07, 6.45) is 0.111. The zero-order valence-corrected chi connectivity index (χ0v) is 6.02. The van der Waals surface area contributed by atoms with E-state index in [0.717, 1.165) is 0 Å². The van der Waals surface area contributed by atoms with Crippen LogP contribution in [0.1, 0.15) is 20.8 Å². The fraction of sp³-hybridized carbons (Fsp3) is 0.750. The van der Waals surface area contributed by atoms with Crippen LogP contribution in [0.25, 0.3) is 0 Å². The Morgan fingerprint density at radius 1 is 1.71 bits per heavy atom. The number of hydrogen-bond donors (Lipinski definition) is 0. The van der Waals surface area contributed by atoms with Crippen molar-refractivity contribution in [3.8, 4) is 0 Å². The van der Waals surface area contributed by atoms with Gasteiger partial charge in [0.1, 0.15) is 0 Å². The summed E-state index contributed by atoms with van der Waals surface area (Å²) in [5.74, 6) is -0.995. The summed E-state index contributed by atoms with van der Waals surface area (Å²) < 4.78 is 0. The average molecular weight is 112 g/mol. The molecule has 0 aromatic rings. The Bertz CT molecular complexity index is 45.0. The number of carbonyl (C=O) groups is 1. The maximum absolute atomic E-state index is 9.26. The van der Waals surface area contributed by atoms with Crippen molar-refractivity contribution < 1.29 is 39.5 Å². The van der Waals surface area contributed by atoms with Crippen LogP contribution in [0.5, 0.6) is 0 Å². The molecule has 0 unspecified atom stereocenters. The molecule has 0 aliphatic heterocycles. The molecule has 0 radical (unpaired) electrons. The quantitative estimate of drug-likeness (QED) is 0.335. The van der Waals surface area contributed by atoms with E-state index in [4.69, 9.17) is 0 Å². The van der Waals surface area contributed by atoms with E-state index in [1.807, 2.05) is 0 Å². The molecule has 0 aliphatic carbocycles. The summed E-state index contributed by atoms with van der Waals surface area (Å²) in [6, 6.07) is 0. The number of hydrogen-bond acceptors (Lipinski definition) is 2. The van der Waals surface area contributed by atoms with Crippen molar-refractivity contribution in [1.29, 1.82) is 0 Å². The normalized spacial score (nSPS) is 5.29. The fourth-order valence-electron chi connectivity index (χ4n) is 0. The minimum Gasteiger partial charge on any atom is -0.550 e. The van der Waals surface area contributed by atoms with Crippen molar-refractivity contribution in [2.75, 3.05) is 0 Å². The Morgan fingerprint density at radius 2 is 1.86 bits per heavy atom. The van der Waals surface area contributed by atoms with Crippen LogP contribution in [0.15, 0.2) is 0 Å². The molecule has 0 amide bonds.